The van der Waals surface area contributed by atoms with Gasteiger partial charge in [-0.1, -0.05) is 0 Å². The van der Waals surface area contributed by atoms with Crippen LogP contribution < -0.4 is 4.90 Å². The van der Waals surface area contributed by atoms with E-state index in [0.717, 1.165) is 37.7 Å². The quantitative estimate of drug-likeness (QED) is 0.393. The highest BCUT2D eigenvalue weighted by atomic mass is 16.6. The normalized spacial score (nSPS) is 17.0. The van der Waals surface area contributed by atoms with Crippen LogP contribution in [0.25, 0.3) is 10.8 Å². The van der Waals surface area contributed by atoms with E-state index in [0.29, 0.717) is 10.8 Å². The maximum absolute atomic E-state index is 12.2. The van der Waals surface area contributed by atoms with Crippen LogP contribution in [0.15, 0.2) is 24.3 Å². The zero-order valence-electron chi connectivity index (χ0n) is 12.6. The number of carbonyl (C=O) groups excluding carboxylic acids is 2. The third kappa shape index (κ3) is 1.89. The van der Waals surface area contributed by atoms with Crippen molar-refractivity contribution in [3.63, 3.8) is 0 Å². The first kappa shape index (κ1) is 14.6. The first-order chi connectivity index (χ1) is 11.5. The minimum absolute atomic E-state index is 0.0103. The van der Waals surface area contributed by atoms with Gasteiger partial charge in [-0.15, -0.1) is 5.06 Å². The smallest absolute Gasteiger partial charge is 0.285 e. The fourth-order valence-corrected chi connectivity index (χ4v) is 3.46. The van der Waals surface area contributed by atoms with Crippen LogP contribution in [0, 0.1) is 10.1 Å². The summed E-state index contributed by atoms with van der Waals surface area (Å²) >= 11 is 0. The Morgan fingerprint density at radius 2 is 1.71 bits per heavy atom. The minimum atomic E-state index is -0.945. The van der Waals surface area contributed by atoms with Crippen LogP contribution in [-0.2, 0) is 0 Å². The molecule has 0 spiro atoms. The number of amides is 2. The first-order valence-corrected chi connectivity index (χ1v) is 7.57. The number of rotatable bonds is 2. The fraction of sp³-hybridized carbons (Fsp3) is 0.250. The summed E-state index contributed by atoms with van der Waals surface area (Å²) < 4.78 is 0. The molecule has 8 heteroatoms. The molecule has 0 aliphatic carbocycles. The summed E-state index contributed by atoms with van der Waals surface area (Å²) in [5.74, 6) is -1.76. The standard InChI is InChI=1S/C16H13N3O5/c20-15-10-3-4-13(17-5-1-2-6-17)11-7-9(19(23)24)8-12(14(10)11)16(21)18(15)22/h3-4,7-8,22H,1-2,5-6H2. The van der Waals surface area contributed by atoms with E-state index in [4.69, 9.17) is 0 Å². The van der Waals surface area contributed by atoms with Gasteiger partial charge < -0.3 is 4.90 Å². The van der Waals surface area contributed by atoms with E-state index in [1.54, 1.807) is 12.1 Å². The SMILES string of the molecule is O=C1c2ccc(N3CCCC3)c3cc([N+](=O)[O-])cc(c23)C(=O)N1O. The number of hydroxylamine groups is 2. The van der Waals surface area contributed by atoms with Crippen molar-refractivity contribution < 1.29 is 19.7 Å². The molecule has 2 amide bonds. The summed E-state index contributed by atoms with van der Waals surface area (Å²) in [6, 6.07) is 5.78. The molecule has 1 N–H and O–H groups in total. The lowest BCUT2D eigenvalue weighted by Crippen LogP contribution is -2.37. The summed E-state index contributed by atoms with van der Waals surface area (Å²) in [6.45, 7) is 1.64. The van der Waals surface area contributed by atoms with Gasteiger partial charge in [-0.2, -0.15) is 0 Å². The van der Waals surface area contributed by atoms with Crippen LogP contribution in [0.5, 0.6) is 0 Å². The van der Waals surface area contributed by atoms with Crippen LogP contribution in [0.3, 0.4) is 0 Å². The van der Waals surface area contributed by atoms with Gasteiger partial charge in [0.15, 0.2) is 0 Å². The van der Waals surface area contributed by atoms with Gasteiger partial charge in [0.25, 0.3) is 17.5 Å². The van der Waals surface area contributed by atoms with Crippen LogP contribution in [-0.4, -0.2) is 40.1 Å². The van der Waals surface area contributed by atoms with E-state index in [2.05, 4.69) is 4.90 Å². The largest absolute Gasteiger partial charge is 0.371 e. The number of nitro groups is 1. The van der Waals surface area contributed by atoms with Gasteiger partial charge >= 0.3 is 0 Å². The molecule has 1 fully saturated rings. The Kier molecular flexibility index (Phi) is 3.04. The van der Waals surface area contributed by atoms with E-state index >= 15 is 0 Å². The molecule has 1 saturated heterocycles. The van der Waals surface area contributed by atoms with Gasteiger partial charge in [0.2, 0.25) is 0 Å². The molecule has 24 heavy (non-hydrogen) atoms. The number of nitro benzene ring substituents is 1. The predicted octanol–water partition coefficient (Wildman–Crippen LogP) is 2.33. The van der Waals surface area contributed by atoms with E-state index in [9.17, 15) is 24.9 Å². The molecule has 2 aliphatic heterocycles. The highest BCUT2D eigenvalue weighted by Gasteiger charge is 2.35. The van der Waals surface area contributed by atoms with E-state index in [-0.39, 0.29) is 21.9 Å². The molecule has 0 bridgehead atoms. The molecule has 0 saturated carbocycles. The Balaban J connectivity index is 2.09. The molecule has 0 atom stereocenters. The Hall–Kier alpha value is -3.00. The Morgan fingerprint density at radius 1 is 1.04 bits per heavy atom. The molecule has 2 aromatic rings. The summed E-state index contributed by atoms with van der Waals surface area (Å²) in [5, 5.41) is 21.8. The van der Waals surface area contributed by atoms with Gasteiger partial charge in [-0.05, 0) is 25.0 Å². The first-order valence-electron chi connectivity index (χ1n) is 7.57. The predicted molar refractivity (Wildman–Crippen MR) is 84.3 cm³/mol. The number of hydrogen-bond acceptors (Lipinski definition) is 6. The summed E-state index contributed by atoms with van der Waals surface area (Å²) in [4.78, 5) is 37.2. The fourth-order valence-electron chi connectivity index (χ4n) is 3.46. The molecule has 122 valence electrons. The zero-order chi connectivity index (χ0) is 17.0. The average Bonchev–Trinajstić information content (AvgIpc) is 3.11. The second-order valence-electron chi connectivity index (χ2n) is 5.92. The number of hydrogen-bond donors (Lipinski definition) is 1. The average molecular weight is 327 g/mol. The lowest BCUT2D eigenvalue weighted by atomic mass is 9.93. The number of benzene rings is 2. The lowest BCUT2D eigenvalue weighted by Gasteiger charge is -2.25. The molecular formula is C16H13N3O5. The Bertz CT molecular complexity index is 918. The second kappa shape index (κ2) is 5.00. The van der Waals surface area contributed by atoms with Crippen LogP contribution in [0.1, 0.15) is 33.6 Å². The van der Waals surface area contributed by atoms with Crippen molar-refractivity contribution in [2.24, 2.45) is 0 Å². The van der Waals surface area contributed by atoms with Crippen molar-refractivity contribution >= 4 is 34.0 Å². The summed E-state index contributed by atoms with van der Waals surface area (Å²) in [7, 11) is 0. The molecule has 2 aromatic carbocycles. The molecule has 0 radical (unpaired) electrons. The zero-order valence-corrected chi connectivity index (χ0v) is 12.6. The molecule has 8 nitrogen and oxygen atoms in total. The van der Waals surface area contributed by atoms with Crippen molar-refractivity contribution in [3.8, 4) is 0 Å². The molecule has 0 unspecified atom stereocenters. The van der Waals surface area contributed by atoms with Crippen molar-refractivity contribution in [2.75, 3.05) is 18.0 Å². The van der Waals surface area contributed by atoms with Gasteiger partial charge in [0, 0.05) is 41.7 Å². The molecule has 0 aromatic heterocycles. The van der Waals surface area contributed by atoms with Gasteiger partial charge in [-0.3, -0.25) is 24.9 Å². The lowest BCUT2D eigenvalue weighted by molar-refractivity contribution is -0.384. The third-order valence-corrected chi connectivity index (χ3v) is 4.58. The highest BCUT2D eigenvalue weighted by Crippen LogP contribution is 2.39. The molecule has 2 aliphatic rings. The minimum Gasteiger partial charge on any atom is -0.371 e. The van der Waals surface area contributed by atoms with Crippen molar-refractivity contribution in [2.45, 2.75) is 12.8 Å². The Morgan fingerprint density at radius 3 is 2.38 bits per heavy atom. The van der Waals surface area contributed by atoms with Crippen molar-refractivity contribution in [3.05, 3.63) is 45.5 Å². The molecule has 2 heterocycles. The number of non-ortho nitro benzene ring substituents is 1. The maximum Gasteiger partial charge on any atom is 0.285 e. The molecule has 4 rings (SSSR count). The summed E-state index contributed by atoms with van der Waals surface area (Å²) in [6.07, 6.45) is 2.04. The van der Waals surface area contributed by atoms with E-state index in [1.165, 1.54) is 6.07 Å². The number of anilines is 1. The highest BCUT2D eigenvalue weighted by molar-refractivity contribution is 6.26. The number of imide groups is 1. The van der Waals surface area contributed by atoms with E-state index < -0.39 is 16.7 Å². The van der Waals surface area contributed by atoms with Crippen LogP contribution in [0.4, 0.5) is 11.4 Å². The van der Waals surface area contributed by atoms with E-state index in [1.807, 2.05) is 0 Å². The molecular weight excluding hydrogens is 314 g/mol. The van der Waals surface area contributed by atoms with Gasteiger partial charge in [-0.25, -0.2) is 0 Å². The van der Waals surface area contributed by atoms with Crippen molar-refractivity contribution in [1.29, 1.82) is 0 Å². The summed E-state index contributed by atoms with van der Waals surface area (Å²) in [5.41, 5.74) is 0.659. The van der Waals surface area contributed by atoms with Gasteiger partial charge in [0.1, 0.15) is 0 Å². The van der Waals surface area contributed by atoms with Crippen LogP contribution >= 0.6 is 0 Å². The number of nitrogens with zero attached hydrogens (tertiary/aromatic N) is 3. The van der Waals surface area contributed by atoms with Crippen LogP contribution in [0.2, 0.25) is 0 Å². The monoisotopic (exact) mass is 327 g/mol. The van der Waals surface area contributed by atoms with Crippen molar-refractivity contribution in [1.82, 2.24) is 5.06 Å². The topological polar surface area (TPSA) is 104 Å². The van der Waals surface area contributed by atoms with Gasteiger partial charge in [0.05, 0.1) is 16.1 Å². The maximum atomic E-state index is 12.2. The third-order valence-electron chi connectivity index (χ3n) is 4.58. The number of carbonyl (C=O) groups is 2. The second-order valence-corrected chi connectivity index (χ2v) is 5.92. The Labute approximate surface area is 136 Å².